The monoisotopic (exact) mass is 195 g/mol. The highest BCUT2D eigenvalue weighted by Crippen LogP contribution is 2.33. The van der Waals surface area contributed by atoms with E-state index in [2.05, 4.69) is 20.4 Å². The number of allylic oxidation sites excluding steroid dienone is 1. The van der Waals surface area contributed by atoms with Gasteiger partial charge in [0.1, 0.15) is 0 Å². The third kappa shape index (κ3) is 3.83. The van der Waals surface area contributed by atoms with Gasteiger partial charge < -0.3 is 5.73 Å². The molecule has 3 atom stereocenters. The van der Waals surface area contributed by atoms with Crippen LogP contribution in [-0.2, 0) is 0 Å². The summed E-state index contributed by atoms with van der Waals surface area (Å²) < 4.78 is 0. The molecule has 14 heavy (non-hydrogen) atoms. The molecule has 1 heteroatoms. The lowest BCUT2D eigenvalue weighted by Gasteiger charge is -2.21. The van der Waals surface area contributed by atoms with Crippen molar-refractivity contribution in [1.82, 2.24) is 0 Å². The van der Waals surface area contributed by atoms with Crippen molar-refractivity contribution in [3.05, 3.63) is 12.2 Å². The largest absolute Gasteiger partial charge is 0.328 e. The predicted octanol–water partition coefficient (Wildman–Crippen LogP) is 3.50. The first-order valence-electron chi connectivity index (χ1n) is 6.02. The van der Waals surface area contributed by atoms with E-state index in [-0.39, 0.29) is 0 Å². The molecule has 1 aliphatic carbocycles. The van der Waals surface area contributed by atoms with Crippen molar-refractivity contribution in [2.24, 2.45) is 17.6 Å². The minimum Gasteiger partial charge on any atom is -0.328 e. The summed E-state index contributed by atoms with van der Waals surface area (Å²) >= 11 is 0. The molecule has 0 saturated heterocycles. The third-order valence-electron chi connectivity index (χ3n) is 3.62. The van der Waals surface area contributed by atoms with Crippen molar-refractivity contribution >= 4 is 0 Å². The summed E-state index contributed by atoms with van der Waals surface area (Å²) in [6, 6.07) is 0.369. The Labute approximate surface area is 88.8 Å². The summed E-state index contributed by atoms with van der Waals surface area (Å²) in [4.78, 5) is 0. The van der Waals surface area contributed by atoms with E-state index in [1.807, 2.05) is 0 Å². The van der Waals surface area contributed by atoms with Crippen molar-refractivity contribution in [3.63, 3.8) is 0 Å². The topological polar surface area (TPSA) is 26.0 Å². The molecule has 0 amide bonds. The Bertz CT molecular complexity index is 184. The number of hydrogen-bond acceptors (Lipinski definition) is 1. The SMILES string of the molecule is C=C1CCC(CCC(C)N)[C@H](C)CC1. The van der Waals surface area contributed by atoms with Crippen LogP contribution in [0.1, 0.15) is 52.4 Å². The fourth-order valence-electron chi connectivity index (χ4n) is 2.37. The number of hydrogen-bond donors (Lipinski definition) is 1. The summed E-state index contributed by atoms with van der Waals surface area (Å²) in [5.74, 6) is 1.76. The highest BCUT2D eigenvalue weighted by Gasteiger charge is 2.20. The van der Waals surface area contributed by atoms with Gasteiger partial charge in [-0.05, 0) is 57.3 Å². The molecule has 82 valence electrons. The highest BCUT2D eigenvalue weighted by atomic mass is 14.6. The highest BCUT2D eigenvalue weighted by molar-refractivity contribution is 4.97. The van der Waals surface area contributed by atoms with Crippen molar-refractivity contribution < 1.29 is 0 Å². The molecule has 2 N–H and O–H groups in total. The molecule has 1 rings (SSSR count). The van der Waals surface area contributed by atoms with Crippen molar-refractivity contribution in [2.75, 3.05) is 0 Å². The zero-order chi connectivity index (χ0) is 10.6. The Balaban J connectivity index is 2.37. The normalized spacial score (nSPS) is 31.2. The van der Waals surface area contributed by atoms with Gasteiger partial charge in [0.25, 0.3) is 0 Å². The summed E-state index contributed by atoms with van der Waals surface area (Å²) in [5.41, 5.74) is 7.26. The van der Waals surface area contributed by atoms with Gasteiger partial charge in [-0.1, -0.05) is 19.1 Å². The van der Waals surface area contributed by atoms with Crippen LogP contribution in [0.2, 0.25) is 0 Å². The summed E-state index contributed by atoms with van der Waals surface area (Å²) in [5, 5.41) is 0. The van der Waals surface area contributed by atoms with Gasteiger partial charge in [0.2, 0.25) is 0 Å². The van der Waals surface area contributed by atoms with Crippen molar-refractivity contribution in [3.8, 4) is 0 Å². The lowest BCUT2D eigenvalue weighted by atomic mass is 9.85. The maximum atomic E-state index is 5.80. The van der Waals surface area contributed by atoms with Gasteiger partial charge in [-0.15, -0.1) is 0 Å². The third-order valence-corrected chi connectivity index (χ3v) is 3.62. The van der Waals surface area contributed by atoms with E-state index < -0.39 is 0 Å². The molecule has 0 bridgehead atoms. The van der Waals surface area contributed by atoms with E-state index >= 15 is 0 Å². The van der Waals surface area contributed by atoms with Gasteiger partial charge in [-0.25, -0.2) is 0 Å². The number of nitrogens with two attached hydrogens (primary N) is 1. The smallest absolute Gasteiger partial charge is 0.00105 e. The van der Waals surface area contributed by atoms with Crippen molar-refractivity contribution in [1.29, 1.82) is 0 Å². The van der Waals surface area contributed by atoms with Crippen molar-refractivity contribution in [2.45, 2.75) is 58.4 Å². The molecule has 0 spiro atoms. The average molecular weight is 195 g/mol. The minimum absolute atomic E-state index is 0.369. The van der Waals surface area contributed by atoms with E-state index in [0.29, 0.717) is 6.04 Å². The zero-order valence-electron chi connectivity index (χ0n) is 9.76. The lowest BCUT2D eigenvalue weighted by Crippen LogP contribution is -2.18. The molecular formula is C13H25N. The molecule has 1 saturated carbocycles. The Morgan fingerprint density at radius 2 is 2.07 bits per heavy atom. The minimum atomic E-state index is 0.369. The van der Waals surface area contributed by atoms with Crippen LogP contribution in [0, 0.1) is 11.8 Å². The maximum Gasteiger partial charge on any atom is 0.00105 e. The van der Waals surface area contributed by atoms with Crippen LogP contribution in [0.3, 0.4) is 0 Å². The quantitative estimate of drug-likeness (QED) is 0.541. The number of rotatable bonds is 3. The molecule has 2 unspecified atom stereocenters. The summed E-state index contributed by atoms with van der Waals surface area (Å²) in [7, 11) is 0. The second-order valence-corrected chi connectivity index (χ2v) is 5.12. The molecule has 0 radical (unpaired) electrons. The molecule has 0 aromatic carbocycles. The van der Waals surface area contributed by atoms with Gasteiger partial charge in [0, 0.05) is 6.04 Å². The van der Waals surface area contributed by atoms with Crippen LogP contribution in [-0.4, -0.2) is 6.04 Å². The van der Waals surface area contributed by atoms with E-state index in [0.717, 1.165) is 11.8 Å². The van der Waals surface area contributed by atoms with Crippen LogP contribution in [0.4, 0.5) is 0 Å². The first kappa shape index (κ1) is 11.8. The van der Waals surface area contributed by atoms with E-state index in [4.69, 9.17) is 5.73 Å². The molecule has 0 aliphatic heterocycles. The van der Waals surface area contributed by atoms with Crippen LogP contribution >= 0.6 is 0 Å². The molecule has 0 aromatic rings. The second-order valence-electron chi connectivity index (χ2n) is 5.12. The van der Waals surface area contributed by atoms with E-state index in [9.17, 15) is 0 Å². The fraction of sp³-hybridized carbons (Fsp3) is 0.846. The zero-order valence-corrected chi connectivity index (χ0v) is 9.76. The average Bonchev–Trinajstić information content (AvgIpc) is 2.27. The van der Waals surface area contributed by atoms with Crippen LogP contribution < -0.4 is 5.73 Å². The fourth-order valence-corrected chi connectivity index (χ4v) is 2.37. The Hall–Kier alpha value is -0.300. The lowest BCUT2D eigenvalue weighted by molar-refractivity contribution is 0.304. The van der Waals surface area contributed by atoms with E-state index in [1.165, 1.54) is 44.1 Å². The second kappa shape index (κ2) is 5.55. The molecule has 1 nitrogen and oxygen atoms in total. The van der Waals surface area contributed by atoms with Gasteiger partial charge >= 0.3 is 0 Å². The first-order chi connectivity index (χ1) is 6.59. The summed E-state index contributed by atoms with van der Waals surface area (Å²) in [6.45, 7) is 8.62. The molecule has 0 aromatic heterocycles. The van der Waals surface area contributed by atoms with Gasteiger partial charge in [-0.2, -0.15) is 0 Å². The Morgan fingerprint density at radius 1 is 1.43 bits per heavy atom. The predicted molar refractivity (Wildman–Crippen MR) is 63.1 cm³/mol. The Kier molecular flexibility index (Phi) is 4.67. The first-order valence-corrected chi connectivity index (χ1v) is 6.02. The molecule has 1 aliphatic rings. The van der Waals surface area contributed by atoms with Crippen LogP contribution in [0.15, 0.2) is 12.2 Å². The van der Waals surface area contributed by atoms with E-state index in [1.54, 1.807) is 0 Å². The molecule has 1 fully saturated rings. The molecule has 0 heterocycles. The standard InChI is InChI=1S/C13H25N/c1-10-4-6-11(2)13(8-5-10)9-7-12(3)14/h11-13H,1,4-9,14H2,2-3H3/t11-,12?,13?/m1/s1. The van der Waals surface area contributed by atoms with Gasteiger partial charge in [-0.3, -0.25) is 0 Å². The Morgan fingerprint density at radius 3 is 2.71 bits per heavy atom. The maximum absolute atomic E-state index is 5.80. The molecular weight excluding hydrogens is 170 g/mol. The van der Waals surface area contributed by atoms with Crippen LogP contribution in [0.25, 0.3) is 0 Å². The van der Waals surface area contributed by atoms with Gasteiger partial charge in [0.05, 0.1) is 0 Å². The van der Waals surface area contributed by atoms with Gasteiger partial charge in [0.15, 0.2) is 0 Å². The van der Waals surface area contributed by atoms with Crippen LogP contribution in [0.5, 0.6) is 0 Å². The summed E-state index contributed by atoms with van der Waals surface area (Å²) in [6.07, 6.45) is 7.66.